The average Bonchev–Trinajstić information content (AvgIpc) is 2.16. The second-order valence-corrected chi connectivity index (χ2v) is 2.97. The molecule has 0 unspecified atom stereocenters. The molecule has 0 aliphatic heterocycles. The van der Waals surface area contributed by atoms with Gasteiger partial charge in [-0.3, -0.25) is 9.59 Å². The minimum Gasteiger partial charge on any atom is -0.481 e. The molecule has 0 aliphatic carbocycles. The molecule has 76 valence electrons. The van der Waals surface area contributed by atoms with Crippen molar-refractivity contribution in [2.45, 2.75) is 13.3 Å². The van der Waals surface area contributed by atoms with Crippen molar-refractivity contribution in [1.29, 1.82) is 5.26 Å². The number of hydrogen-bond donors (Lipinski definition) is 1. The first-order valence-electron chi connectivity index (χ1n) is 4.16. The van der Waals surface area contributed by atoms with Crippen LogP contribution in [-0.2, 0) is 11.2 Å². The van der Waals surface area contributed by atoms with Crippen LogP contribution in [0.2, 0.25) is 0 Å². The minimum atomic E-state index is -1.05. The van der Waals surface area contributed by atoms with Crippen molar-refractivity contribution < 1.29 is 14.7 Å². The summed E-state index contributed by atoms with van der Waals surface area (Å²) in [5.74, 6) is -1.27. The first kappa shape index (κ1) is 10.9. The number of carbonyl (C=O) groups excluding carboxylic acids is 1. The highest BCUT2D eigenvalue weighted by molar-refractivity contribution is 5.94. The predicted molar refractivity (Wildman–Crippen MR) is 50.3 cm³/mol. The van der Waals surface area contributed by atoms with Gasteiger partial charge in [0.05, 0.1) is 12.1 Å². The van der Waals surface area contributed by atoms with Crippen LogP contribution in [0.4, 0.5) is 0 Å². The van der Waals surface area contributed by atoms with Gasteiger partial charge in [-0.05, 0) is 19.1 Å². The van der Waals surface area contributed by atoms with Crippen molar-refractivity contribution in [3.63, 3.8) is 0 Å². The highest BCUT2D eigenvalue weighted by atomic mass is 16.4. The number of rotatable bonds is 3. The number of carboxylic acids is 1. The summed E-state index contributed by atoms with van der Waals surface area (Å²) in [6.45, 7) is 1.35. The number of nitrogens with zero attached hydrogens (tertiary/aromatic N) is 2. The van der Waals surface area contributed by atoms with Gasteiger partial charge in [0.15, 0.2) is 5.78 Å². The van der Waals surface area contributed by atoms with Crippen molar-refractivity contribution in [3.8, 4) is 6.07 Å². The fraction of sp³-hybridized carbons (Fsp3) is 0.200. The number of pyridine rings is 1. The molecule has 1 rings (SSSR count). The molecule has 1 aromatic heterocycles. The van der Waals surface area contributed by atoms with E-state index in [-0.39, 0.29) is 23.6 Å². The van der Waals surface area contributed by atoms with E-state index >= 15 is 0 Å². The Morgan fingerprint density at radius 1 is 1.53 bits per heavy atom. The molecule has 15 heavy (non-hydrogen) atoms. The summed E-state index contributed by atoms with van der Waals surface area (Å²) in [6.07, 6.45) is -0.296. The third-order valence-electron chi connectivity index (χ3n) is 1.73. The zero-order valence-electron chi connectivity index (χ0n) is 8.02. The highest BCUT2D eigenvalue weighted by Gasteiger charge is 2.08. The van der Waals surface area contributed by atoms with E-state index in [0.717, 1.165) is 0 Å². The molecular formula is C10H8N2O3. The van der Waals surface area contributed by atoms with Crippen molar-refractivity contribution in [2.75, 3.05) is 0 Å². The fourth-order valence-electron chi connectivity index (χ4n) is 1.09. The van der Waals surface area contributed by atoms with E-state index < -0.39 is 5.97 Å². The monoisotopic (exact) mass is 204 g/mol. The summed E-state index contributed by atoms with van der Waals surface area (Å²) < 4.78 is 0. The van der Waals surface area contributed by atoms with Crippen LogP contribution in [0.15, 0.2) is 12.1 Å². The van der Waals surface area contributed by atoms with Gasteiger partial charge in [0.2, 0.25) is 0 Å². The topological polar surface area (TPSA) is 91.0 Å². The van der Waals surface area contributed by atoms with Crippen LogP contribution in [0.1, 0.15) is 28.7 Å². The highest BCUT2D eigenvalue weighted by Crippen LogP contribution is 2.07. The lowest BCUT2D eigenvalue weighted by Crippen LogP contribution is -2.05. The van der Waals surface area contributed by atoms with E-state index in [1.807, 2.05) is 0 Å². The van der Waals surface area contributed by atoms with Crippen molar-refractivity contribution >= 4 is 11.8 Å². The SMILES string of the molecule is CC(=O)c1cc(C#N)nc(CC(=O)O)c1. The molecule has 1 heterocycles. The van der Waals surface area contributed by atoms with E-state index in [2.05, 4.69) is 4.98 Å². The van der Waals surface area contributed by atoms with Crippen LogP contribution in [0, 0.1) is 11.3 Å². The molecule has 0 saturated heterocycles. The van der Waals surface area contributed by atoms with Gasteiger partial charge in [-0.2, -0.15) is 5.26 Å². The Morgan fingerprint density at radius 2 is 2.20 bits per heavy atom. The lowest BCUT2D eigenvalue weighted by Gasteiger charge is -2.00. The normalized spacial score (nSPS) is 9.33. The Bertz CT molecular complexity index is 460. The maximum absolute atomic E-state index is 11.1. The summed E-state index contributed by atoms with van der Waals surface area (Å²) in [6, 6.07) is 4.51. The number of ketones is 1. The van der Waals surface area contributed by atoms with Crippen LogP contribution in [0.3, 0.4) is 0 Å². The lowest BCUT2D eigenvalue weighted by atomic mass is 10.1. The molecule has 0 amide bonds. The van der Waals surface area contributed by atoms with E-state index in [9.17, 15) is 9.59 Å². The van der Waals surface area contributed by atoms with Crippen LogP contribution in [0.25, 0.3) is 0 Å². The number of aliphatic carboxylic acids is 1. The number of Topliss-reactive ketones (excluding diaryl/α,β-unsaturated/α-hetero) is 1. The Labute approximate surface area is 86.0 Å². The van der Waals surface area contributed by atoms with Crippen LogP contribution >= 0.6 is 0 Å². The summed E-state index contributed by atoms with van der Waals surface area (Å²) in [5, 5.41) is 17.2. The minimum absolute atomic E-state index is 0.0546. The number of carbonyl (C=O) groups is 2. The van der Waals surface area contributed by atoms with Crippen molar-refractivity contribution in [2.24, 2.45) is 0 Å². The second kappa shape index (κ2) is 4.33. The smallest absolute Gasteiger partial charge is 0.309 e. The molecule has 0 bridgehead atoms. The van der Waals surface area contributed by atoms with Gasteiger partial charge in [-0.1, -0.05) is 0 Å². The molecule has 0 radical (unpaired) electrons. The third kappa shape index (κ3) is 2.88. The largest absolute Gasteiger partial charge is 0.481 e. The Balaban J connectivity index is 3.18. The Hall–Kier alpha value is -2.22. The Kier molecular flexibility index (Phi) is 3.13. The van der Waals surface area contributed by atoms with Gasteiger partial charge in [0.25, 0.3) is 0 Å². The van der Waals surface area contributed by atoms with Gasteiger partial charge in [0.1, 0.15) is 11.8 Å². The van der Waals surface area contributed by atoms with Crippen LogP contribution in [0.5, 0.6) is 0 Å². The molecule has 0 spiro atoms. The first-order chi connectivity index (χ1) is 7.02. The zero-order chi connectivity index (χ0) is 11.4. The summed E-state index contributed by atoms with van der Waals surface area (Å²) in [7, 11) is 0. The molecule has 0 aromatic carbocycles. The summed E-state index contributed by atoms with van der Waals surface area (Å²) in [4.78, 5) is 25.3. The van der Waals surface area contributed by atoms with E-state index in [0.29, 0.717) is 5.56 Å². The van der Waals surface area contributed by atoms with Crippen LogP contribution in [-0.4, -0.2) is 21.8 Å². The lowest BCUT2D eigenvalue weighted by molar-refractivity contribution is -0.136. The van der Waals surface area contributed by atoms with Gasteiger partial charge < -0.3 is 5.11 Å². The third-order valence-corrected chi connectivity index (χ3v) is 1.73. The molecule has 0 saturated carbocycles. The molecule has 0 fully saturated rings. The summed E-state index contributed by atoms with van der Waals surface area (Å²) in [5.41, 5.74) is 0.573. The second-order valence-electron chi connectivity index (χ2n) is 2.97. The zero-order valence-corrected chi connectivity index (χ0v) is 8.02. The number of aromatic nitrogens is 1. The Morgan fingerprint density at radius 3 is 2.67 bits per heavy atom. The van der Waals surface area contributed by atoms with Gasteiger partial charge >= 0.3 is 5.97 Å². The molecule has 1 N–H and O–H groups in total. The summed E-state index contributed by atoms with van der Waals surface area (Å²) >= 11 is 0. The van der Waals surface area contributed by atoms with Gasteiger partial charge in [-0.15, -0.1) is 0 Å². The van der Waals surface area contributed by atoms with E-state index in [1.54, 1.807) is 6.07 Å². The van der Waals surface area contributed by atoms with Gasteiger partial charge in [-0.25, -0.2) is 4.98 Å². The van der Waals surface area contributed by atoms with Crippen LogP contribution < -0.4 is 0 Å². The standard InChI is InChI=1S/C10H8N2O3/c1-6(13)7-2-8(4-10(14)15)12-9(3-7)5-11/h2-3H,4H2,1H3,(H,14,15). The molecule has 5 heteroatoms. The molecule has 0 atom stereocenters. The maximum Gasteiger partial charge on any atom is 0.309 e. The fourth-order valence-corrected chi connectivity index (χ4v) is 1.09. The number of hydrogen-bond acceptors (Lipinski definition) is 4. The molecule has 5 nitrogen and oxygen atoms in total. The first-order valence-corrected chi connectivity index (χ1v) is 4.16. The van der Waals surface area contributed by atoms with Crippen molar-refractivity contribution in [1.82, 2.24) is 4.98 Å². The predicted octanol–water partition coefficient (Wildman–Crippen LogP) is 0.783. The molecule has 1 aromatic rings. The number of carboxylic acid groups (broad SMARTS) is 1. The average molecular weight is 204 g/mol. The number of nitriles is 1. The quantitative estimate of drug-likeness (QED) is 0.734. The molecule has 0 aliphatic rings. The molecular weight excluding hydrogens is 196 g/mol. The van der Waals surface area contributed by atoms with Crippen molar-refractivity contribution in [3.05, 3.63) is 29.1 Å². The van der Waals surface area contributed by atoms with E-state index in [4.69, 9.17) is 10.4 Å². The van der Waals surface area contributed by atoms with E-state index in [1.165, 1.54) is 19.1 Å². The van der Waals surface area contributed by atoms with Gasteiger partial charge in [0, 0.05) is 5.56 Å². The maximum atomic E-state index is 11.1.